The van der Waals surface area contributed by atoms with Gasteiger partial charge in [0, 0.05) is 37.8 Å². The summed E-state index contributed by atoms with van der Waals surface area (Å²) in [7, 11) is 0. The molecule has 0 radical (unpaired) electrons. The van der Waals surface area contributed by atoms with Gasteiger partial charge in [0.05, 0.1) is 5.56 Å². The Balaban J connectivity index is 1.79. The van der Waals surface area contributed by atoms with Crippen molar-refractivity contribution in [2.24, 2.45) is 0 Å². The molecule has 3 rings (SSSR count). The van der Waals surface area contributed by atoms with E-state index in [1.807, 2.05) is 28.9 Å². The van der Waals surface area contributed by atoms with Crippen molar-refractivity contribution in [3.05, 3.63) is 29.3 Å². The predicted octanol–water partition coefficient (Wildman–Crippen LogP) is 1.02. The lowest BCUT2D eigenvalue weighted by molar-refractivity contribution is -0.130. The molecule has 5 heteroatoms. The summed E-state index contributed by atoms with van der Waals surface area (Å²) in [5.41, 5.74) is 8.06. The maximum absolute atomic E-state index is 12.6. The standard InChI is InChI=1S/C15H19N3O2/c1-10-3-2-4-12(14(10)16)15(20)17-7-8-18-11(9-17)5-6-13(18)19/h2-4,11H,5-9,16H2,1H3. The predicted molar refractivity (Wildman–Crippen MR) is 76.2 cm³/mol. The maximum Gasteiger partial charge on any atom is 0.256 e. The van der Waals surface area contributed by atoms with E-state index in [-0.39, 0.29) is 17.9 Å². The number of aryl methyl sites for hydroxylation is 1. The van der Waals surface area contributed by atoms with Gasteiger partial charge in [-0.25, -0.2) is 0 Å². The van der Waals surface area contributed by atoms with Crippen LogP contribution in [0.1, 0.15) is 28.8 Å². The lowest BCUT2D eigenvalue weighted by Crippen LogP contribution is -2.53. The number of fused-ring (bicyclic) bond motifs is 1. The van der Waals surface area contributed by atoms with Crippen LogP contribution in [0.25, 0.3) is 0 Å². The quantitative estimate of drug-likeness (QED) is 0.777. The first-order valence-corrected chi connectivity index (χ1v) is 7.02. The zero-order valence-electron chi connectivity index (χ0n) is 11.6. The van der Waals surface area contributed by atoms with Crippen molar-refractivity contribution in [1.29, 1.82) is 0 Å². The largest absolute Gasteiger partial charge is 0.398 e. The molecule has 2 aliphatic heterocycles. The van der Waals surface area contributed by atoms with E-state index in [0.29, 0.717) is 37.3 Å². The summed E-state index contributed by atoms with van der Waals surface area (Å²) in [5, 5.41) is 0. The van der Waals surface area contributed by atoms with Crippen LogP contribution in [0.3, 0.4) is 0 Å². The molecule has 2 heterocycles. The highest BCUT2D eigenvalue weighted by Gasteiger charge is 2.37. The fourth-order valence-electron chi connectivity index (χ4n) is 3.09. The van der Waals surface area contributed by atoms with Crippen LogP contribution in [0.4, 0.5) is 5.69 Å². The van der Waals surface area contributed by atoms with Crippen molar-refractivity contribution in [3.8, 4) is 0 Å². The third-order valence-electron chi connectivity index (χ3n) is 4.34. The van der Waals surface area contributed by atoms with Gasteiger partial charge in [-0.3, -0.25) is 9.59 Å². The lowest BCUT2D eigenvalue weighted by atomic mass is 10.1. The number of nitrogen functional groups attached to an aromatic ring is 1. The van der Waals surface area contributed by atoms with Crippen LogP contribution in [0, 0.1) is 6.92 Å². The third kappa shape index (κ3) is 2.03. The van der Waals surface area contributed by atoms with Crippen LogP contribution in [-0.4, -0.2) is 47.3 Å². The van der Waals surface area contributed by atoms with E-state index in [1.54, 1.807) is 6.07 Å². The van der Waals surface area contributed by atoms with Crippen LogP contribution in [-0.2, 0) is 4.79 Å². The van der Waals surface area contributed by atoms with Gasteiger partial charge in [-0.15, -0.1) is 0 Å². The molecule has 106 valence electrons. The fraction of sp³-hybridized carbons (Fsp3) is 0.467. The first-order valence-electron chi connectivity index (χ1n) is 7.02. The first kappa shape index (κ1) is 13.0. The number of piperazine rings is 1. The molecule has 1 aromatic carbocycles. The minimum Gasteiger partial charge on any atom is -0.398 e. The van der Waals surface area contributed by atoms with Gasteiger partial charge in [-0.1, -0.05) is 12.1 Å². The number of carbonyl (C=O) groups excluding carboxylic acids is 2. The summed E-state index contributed by atoms with van der Waals surface area (Å²) >= 11 is 0. The van der Waals surface area contributed by atoms with E-state index in [2.05, 4.69) is 0 Å². The summed E-state index contributed by atoms with van der Waals surface area (Å²) in [5.74, 6) is 0.197. The minimum atomic E-state index is -0.0230. The monoisotopic (exact) mass is 273 g/mol. The normalized spacial score (nSPS) is 22.1. The molecule has 1 aromatic rings. The summed E-state index contributed by atoms with van der Waals surface area (Å²) in [6, 6.07) is 5.72. The number of nitrogens with two attached hydrogens (primary N) is 1. The fourth-order valence-corrected chi connectivity index (χ4v) is 3.09. The molecule has 2 fully saturated rings. The van der Waals surface area contributed by atoms with Gasteiger partial charge in [0.1, 0.15) is 0 Å². The zero-order chi connectivity index (χ0) is 14.3. The summed E-state index contributed by atoms with van der Waals surface area (Å²) in [6.45, 7) is 3.76. The highest BCUT2D eigenvalue weighted by Crippen LogP contribution is 2.25. The summed E-state index contributed by atoms with van der Waals surface area (Å²) in [6.07, 6.45) is 1.46. The Morgan fingerprint density at radius 2 is 2.15 bits per heavy atom. The van der Waals surface area contributed by atoms with E-state index in [9.17, 15) is 9.59 Å². The molecule has 1 unspecified atom stereocenters. The van der Waals surface area contributed by atoms with E-state index in [4.69, 9.17) is 5.73 Å². The van der Waals surface area contributed by atoms with Gasteiger partial charge in [0.25, 0.3) is 5.91 Å². The Labute approximate surface area is 118 Å². The van der Waals surface area contributed by atoms with Gasteiger partial charge in [-0.05, 0) is 25.0 Å². The Morgan fingerprint density at radius 1 is 1.35 bits per heavy atom. The number of hydrogen-bond donors (Lipinski definition) is 1. The second-order valence-electron chi connectivity index (χ2n) is 5.57. The highest BCUT2D eigenvalue weighted by atomic mass is 16.2. The second kappa shape index (κ2) is 4.81. The highest BCUT2D eigenvalue weighted by molar-refractivity contribution is 6.00. The van der Waals surface area contributed by atoms with E-state index in [1.165, 1.54) is 0 Å². The van der Waals surface area contributed by atoms with Crippen molar-refractivity contribution in [2.75, 3.05) is 25.4 Å². The number of hydrogen-bond acceptors (Lipinski definition) is 3. The summed E-state index contributed by atoms with van der Waals surface area (Å²) in [4.78, 5) is 28.0. The van der Waals surface area contributed by atoms with Crippen LogP contribution in [0.15, 0.2) is 18.2 Å². The molecule has 20 heavy (non-hydrogen) atoms. The topological polar surface area (TPSA) is 66.6 Å². The Morgan fingerprint density at radius 3 is 2.95 bits per heavy atom. The molecule has 2 saturated heterocycles. The molecule has 2 N–H and O–H groups in total. The average Bonchev–Trinajstić information content (AvgIpc) is 2.82. The molecule has 1 atom stereocenters. The van der Waals surface area contributed by atoms with E-state index >= 15 is 0 Å². The molecule has 5 nitrogen and oxygen atoms in total. The molecule has 0 aliphatic carbocycles. The first-order chi connectivity index (χ1) is 9.58. The molecule has 2 aliphatic rings. The van der Waals surface area contributed by atoms with Crippen molar-refractivity contribution in [3.63, 3.8) is 0 Å². The van der Waals surface area contributed by atoms with Crippen molar-refractivity contribution >= 4 is 17.5 Å². The molecule has 0 aromatic heterocycles. The SMILES string of the molecule is Cc1cccc(C(=O)N2CCN3C(=O)CCC3C2)c1N. The third-order valence-corrected chi connectivity index (χ3v) is 4.34. The number of amides is 2. The van der Waals surface area contributed by atoms with Crippen LogP contribution >= 0.6 is 0 Å². The van der Waals surface area contributed by atoms with Gasteiger partial charge in [0.15, 0.2) is 0 Å². The zero-order valence-corrected chi connectivity index (χ0v) is 11.6. The summed E-state index contributed by atoms with van der Waals surface area (Å²) < 4.78 is 0. The smallest absolute Gasteiger partial charge is 0.256 e. The number of para-hydroxylation sites is 1. The molecular formula is C15H19N3O2. The number of rotatable bonds is 1. The lowest BCUT2D eigenvalue weighted by Gasteiger charge is -2.37. The van der Waals surface area contributed by atoms with Gasteiger partial charge < -0.3 is 15.5 Å². The van der Waals surface area contributed by atoms with Crippen molar-refractivity contribution < 1.29 is 9.59 Å². The van der Waals surface area contributed by atoms with Crippen LogP contribution in [0.2, 0.25) is 0 Å². The van der Waals surface area contributed by atoms with Crippen molar-refractivity contribution in [2.45, 2.75) is 25.8 Å². The number of carbonyl (C=O) groups is 2. The Bertz CT molecular complexity index is 570. The molecule has 0 saturated carbocycles. The number of anilines is 1. The Kier molecular flexibility index (Phi) is 3.12. The molecule has 2 amide bonds. The average molecular weight is 273 g/mol. The maximum atomic E-state index is 12.6. The van der Waals surface area contributed by atoms with E-state index in [0.717, 1.165) is 12.0 Å². The van der Waals surface area contributed by atoms with E-state index < -0.39 is 0 Å². The number of benzene rings is 1. The van der Waals surface area contributed by atoms with Crippen molar-refractivity contribution in [1.82, 2.24) is 9.80 Å². The van der Waals surface area contributed by atoms with Gasteiger partial charge in [-0.2, -0.15) is 0 Å². The van der Waals surface area contributed by atoms with Gasteiger partial charge in [0.2, 0.25) is 5.91 Å². The molecular weight excluding hydrogens is 254 g/mol. The van der Waals surface area contributed by atoms with Crippen LogP contribution < -0.4 is 5.73 Å². The molecule has 0 spiro atoms. The minimum absolute atomic E-state index is 0.0230. The molecule has 0 bridgehead atoms. The van der Waals surface area contributed by atoms with Gasteiger partial charge >= 0.3 is 0 Å². The van der Waals surface area contributed by atoms with Crippen LogP contribution in [0.5, 0.6) is 0 Å². The number of nitrogens with zero attached hydrogens (tertiary/aromatic N) is 2. The Hall–Kier alpha value is -2.04. The second-order valence-corrected chi connectivity index (χ2v) is 5.57.